The number of nitrogens with zero attached hydrogens (tertiary/aromatic N) is 1. The van der Waals surface area contributed by atoms with Gasteiger partial charge in [0.2, 0.25) is 0 Å². The summed E-state index contributed by atoms with van der Waals surface area (Å²) in [5.74, 6) is 1.38. The van der Waals surface area contributed by atoms with Crippen molar-refractivity contribution in [3.05, 3.63) is 64.7 Å². The Morgan fingerprint density at radius 2 is 1.88 bits per heavy atom. The summed E-state index contributed by atoms with van der Waals surface area (Å²) in [6.07, 6.45) is 5.20. The van der Waals surface area contributed by atoms with Gasteiger partial charge >= 0.3 is 0 Å². The van der Waals surface area contributed by atoms with Crippen LogP contribution < -0.4 is 0 Å². The quantitative estimate of drug-likeness (QED) is 0.323. The Labute approximate surface area is 201 Å². The largest absolute Gasteiger partial charge is 0.393 e. The molecular formula is C28H27FN2O2S. The summed E-state index contributed by atoms with van der Waals surface area (Å²) < 4.78 is 13.3. The van der Waals surface area contributed by atoms with Gasteiger partial charge in [0.25, 0.3) is 0 Å². The van der Waals surface area contributed by atoms with E-state index in [0.717, 1.165) is 64.0 Å². The van der Waals surface area contributed by atoms with E-state index in [0.29, 0.717) is 17.8 Å². The topological polar surface area (TPSA) is 66.0 Å². The molecule has 1 aromatic carbocycles. The van der Waals surface area contributed by atoms with Crippen molar-refractivity contribution in [1.82, 2.24) is 9.97 Å². The van der Waals surface area contributed by atoms with Crippen molar-refractivity contribution < 1.29 is 14.3 Å². The first-order valence-electron chi connectivity index (χ1n) is 12.0. The van der Waals surface area contributed by atoms with Crippen LogP contribution in [0.5, 0.6) is 0 Å². The van der Waals surface area contributed by atoms with Crippen molar-refractivity contribution in [2.45, 2.75) is 38.7 Å². The summed E-state index contributed by atoms with van der Waals surface area (Å²) in [4.78, 5) is 22.2. The zero-order chi connectivity index (χ0) is 23.4. The van der Waals surface area contributed by atoms with E-state index in [4.69, 9.17) is 0 Å². The summed E-state index contributed by atoms with van der Waals surface area (Å²) in [6.45, 7) is 2.16. The molecule has 0 bridgehead atoms. The number of fused-ring (bicyclic) bond motifs is 2. The van der Waals surface area contributed by atoms with Gasteiger partial charge in [0.1, 0.15) is 11.5 Å². The molecule has 0 spiro atoms. The number of carbonyl (C=O) groups is 1. The predicted molar refractivity (Wildman–Crippen MR) is 133 cm³/mol. The van der Waals surface area contributed by atoms with Gasteiger partial charge < -0.3 is 10.1 Å². The molecule has 0 aliphatic heterocycles. The highest BCUT2D eigenvalue weighted by atomic mass is 32.1. The number of hydrogen-bond acceptors (Lipinski definition) is 4. The molecule has 34 heavy (non-hydrogen) atoms. The minimum atomic E-state index is -0.258. The lowest BCUT2D eigenvalue weighted by Crippen LogP contribution is -2.25. The standard InChI is InChI=1S/C28H27FN2O2S/c1-15-6-22(32)9-17-10-23(17)24(7-15)27(33)26-12-20(14-34-26)19-8-18-11-25(31-28(18)30-13-19)16-2-4-21(29)5-3-16/h2-5,8,11-15,17,22-24,32H,6-7,9-10H2,1H3,(H,30,31)/t15-,17-,22+,23?,24?/m1/s1. The molecule has 2 fully saturated rings. The molecule has 5 atom stereocenters. The number of Topliss-reactive ketones (excluding diaryl/α,β-unsaturated/α-hetero) is 1. The summed E-state index contributed by atoms with van der Waals surface area (Å²) in [5, 5.41) is 13.2. The van der Waals surface area contributed by atoms with Crippen molar-refractivity contribution >= 4 is 28.2 Å². The minimum absolute atomic E-state index is 0.0718. The van der Waals surface area contributed by atoms with Crippen molar-refractivity contribution in [3.63, 3.8) is 0 Å². The molecular weight excluding hydrogens is 447 g/mol. The number of aliphatic hydroxyl groups is 1. The van der Waals surface area contributed by atoms with Crippen LogP contribution in [0.1, 0.15) is 42.3 Å². The first-order valence-corrected chi connectivity index (χ1v) is 12.9. The number of thiophene rings is 1. The van der Waals surface area contributed by atoms with Crippen LogP contribution in [0.2, 0.25) is 0 Å². The Hall–Kier alpha value is -2.83. The Kier molecular flexibility index (Phi) is 5.38. The lowest BCUT2D eigenvalue weighted by atomic mass is 9.81. The van der Waals surface area contributed by atoms with Crippen LogP contribution in [0, 0.1) is 29.5 Å². The van der Waals surface area contributed by atoms with Crippen LogP contribution in [0.25, 0.3) is 33.4 Å². The Morgan fingerprint density at radius 3 is 2.71 bits per heavy atom. The number of rotatable bonds is 4. The van der Waals surface area contributed by atoms with Gasteiger partial charge in [-0.25, -0.2) is 9.37 Å². The zero-order valence-corrected chi connectivity index (χ0v) is 19.8. The monoisotopic (exact) mass is 474 g/mol. The summed E-state index contributed by atoms with van der Waals surface area (Å²) >= 11 is 1.52. The van der Waals surface area contributed by atoms with E-state index in [-0.39, 0.29) is 23.6 Å². The maximum absolute atomic E-state index is 13.5. The first-order chi connectivity index (χ1) is 16.4. The van der Waals surface area contributed by atoms with Crippen LogP contribution in [-0.4, -0.2) is 27.0 Å². The molecule has 4 aromatic rings. The van der Waals surface area contributed by atoms with Gasteiger partial charge in [0, 0.05) is 28.8 Å². The third-order valence-electron chi connectivity index (χ3n) is 7.54. The van der Waals surface area contributed by atoms with Crippen molar-refractivity contribution in [1.29, 1.82) is 0 Å². The van der Waals surface area contributed by atoms with Crippen molar-refractivity contribution in [3.8, 4) is 22.4 Å². The van der Waals surface area contributed by atoms with Crippen LogP contribution >= 0.6 is 11.3 Å². The Morgan fingerprint density at radius 1 is 1.06 bits per heavy atom. The van der Waals surface area contributed by atoms with E-state index in [1.165, 1.54) is 23.5 Å². The number of benzene rings is 1. The molecule has 2 aliphatic rings. The lowest BCUT2D eigenvalue weighted by Gasteiger charge is -2.25. The molecule has 2 aliphatic carbocycles. The molecule has 3 aromatic heterocycles. The number of H-pyrrole nitrogens is 1. The van der Waals surface area contributed by atoms with Gasteiger partial charge in [-0.3, -0.25) is 4.79 Å². The first kappa shape index (κ1) is 21.7. The maximum atomic E-state index is 13.5. The number of aliphatic hydroxyl groups excluding tert-OH is 1. The molecule has 6 heteroatoms. The fraction of sp³-hybridized carbons (Fsp3) is 0.357. The van der Waals surface area contributed by atoms with Gasteiger partial charge in [-0.15, -0.1) is 11.3 Å². The molecule has 2 saturated carbocycles. The maximum Gasteiger partial charge on any atom is 0.176 e. The summed E-state index contributed by atoms with van der Waals surface area (Å²) in [7, 11) is 0. The van der Waals surface area contributed by atoms with Crippen LogP contribution in [-0.2, 0) is 0 Å². The molecule has 6 rings (SSSR count). The number of carbonyl (C=O) groups excluding carboxylic acids is 1. The van der Waals surface area contributed by atoms with E-state index in [1.807, 2.05) is 23.7 Å². The third-order valence-corrected chi connectivity index (χ3v) is 8.48. The molecule has 2 N–H and O–H groups in total. The number of pyridine rings is 1. The average Bonchev–Trinajstić information content (AvgIpc) is 3.22. The van der Waals surface area contributed by atoms with E-state index >= 15 is 0 Å². The highest BCUT2D eigenvalue weighted by Gasteiger charge is 2.48. The average molecular weight is 475 g/mol. The molecule has 174 valence electrons. The second-order valence-corrected chi connectivity index (χ2v) is 11.1. The fourth-order valence-corrected chi connectivity index (χ4v) is 6.63. The van der Waals surface area contributed by atoms with Gasteiger partial charge in [0.05, 0.1) is 11.0 Å². The summed E-state index contributed by atoms with van der Waals surface area (Å²) in [6, 6.07) is 12.5. The number of ketones is 1. The Bertz CT molecular complexity index is 1360. The number of halogens is 1. The minimum Gasteiger partial charge on any atom is -0.393 e. The molecule has 0 radical (unpaired) electrons. The number of aromatic nitrogens is 2. The van der Waals surface area contributed by atoms with Crippen molar-refractivity contribution in [2.75, 3.05) is 0 Å². The van der Waals surface area contributed by atoms with Gasteiger partial charge in [-0.05, 0) is 102 Å². The SMILES string of the molecule is C[C@H]1CC(C(=O)c2cc(-c3cnc4[nH]c(-c5ccc(F)cc5)cc4c3)cs2)C2C[C@H]2C[C@@H](O)C1. The molecule has 4 nitrogen and oxygen atoms in total. The van der Waals surface area contributed by atoms with Gasteiger partial charge in [0.15, 0.2) is 5.78 Å². The molecule has 2 unspecified atom stereocenters. The van der Waals surface area contributed by atoms with Crippen LogP contribution in [0.15, 0.2) is 54.0 Å². The highest BCUT2D eigenvalue weighted by Crippen LogP contribution is 2.52. The Balaban J connectivity index is 1.24. The second-order valence-electron chi connectivity index (χ2n) is 10.1. The highest BCUT2D eigenvalue weighted by molar-refractivity contribution is 7.12. The van der Waals surface area contributed by atoms with Crippen molar-refractivity contribution in [2.24, 2.45) is 23.7 Å². The second kappa shape index (κ2) is 8.43. The van der Waals surface area contributed by atoms with E-state index in [2.05, 4.69) is 23.0 Å². The zero-order valence-electron chi connectivity index (χ0n) is 19.0. The van der Waals surface area contributed by atoms with Crippen LogP contribution in [0.4, 0.5) is 4.39 Å². The predicted octanol–water partition coefficient (Wildman–Crippen LogP) is 6.71. The fourth-order valence-electron chi connectivity index (χ4n) is 5.71. The smallest absolute Gasteiger partial charge is 0.176 e. The third kappa shape index (κ3) is 4.10. The van der Waals surface area contributed by atoms with E-state index in [1.54, 1.807) is 12.1 Å². The lowest BCUT2D eigenvalue weighted by molar-refractivity contribution is 0.0792. The molecule has 3 heterocycles. The normalized spacial score (nSPS) is 26.6. The number of aromatic amines is 1. The van der Waals surface area contributed by atoms with Crippen LogP contribution in [0.3, 0.4) is 0 Å². The molecule has 0 amide bonds. The number of hydrogen-bond donors (Lipinski definition) is 2. The summed E-state index contributed by atoms with van der Waals surface area (Å²) in [5.41, 5.74) is 4.56. The van der Waals surface area contributed by atoms with E-state index < -0.39 is 0 Å². The van der Waals surface area contributed by atoms with E-state index in [9.17, 15) is 14.3 Å². The number of nitrogens with one attached hydrogen (secondary N) is 1. The van der Waals surface area contributed by atoms with Gasteiger partial charge in [-0.1, -0.05) is 6.92 Å². The molecule has 0 saturated heterocycles. The van der Waals surface area contributed by atoms with Gasteiger partial charge in [-0.2, -0.15) is 0 Å².